The Morgan fingerprint density at radius 1 is 0.500 bits per heavy atom. The molecule has 0 radical (unpaired) electrons. The van der Waals surface area contributed by atoms with Gasteiger partial charge in [0.25, 0.3) is 0 Å². The molecule has 7 aromatic carbocycles. The van der Waals surface area contributed by atoms with Crippen LogP contribution in [0, 0.1) is 5.92 Å². The highest BCUT2D eigenvalue weighted by Crippen LogP contribution is 2.55. The molecule has 0 aliphatic heterocycles. The Bertz CT molecular complexity index is 3430. The second-order valence-electron chi connectivity index (χ2n) is 17.2. The first-order chi connectivity index (χ1) is 29.4. The molecule has 3 aromatic heterocycles. The molecule has 1 atom stereocenters. The molecule has 0 amide bonds. The lowest BCUT2D eigenvalue weighted by molar-refractivity contribution is 0.642. The van der Waals surface area contributed by atoms with Crippen LogP contribution >= 0.6 is 0 Å². The van der Waals surface area contributed by atoms with Crippen molar-refractivity contribution in [2.75, 3.05) is 0 Å². The normalized spacial score (nSPS) is 15.7. The third kappa shape index (κ3) is 5.18. The van der Waals surface area contributed by atoms with Crippen LogP contribution in [0.4, 0.5) is 0 Å². The van der Waals surface area contributed by atoms with Crippen LogP contribution in [0.25, 0.3) is 94.2 Å². The maximum Gasteiger partial charge on any atom is 0.138 e. The summed E-state index contributed by atoms with van der Waals surface area (Å²) >= 11 is 0. The van der Waals surface area contributed by atoms with Gasteiger partial charge in [0.05, 0.1) is 27.8 Å². The summed E-state index contributed by atoms with van der Waals surface area (Å²) in [5, 5.41) is 4.93. The van der Waals surface area contributed by atoms with Crippen LogP contribution in [0.1, 0.15) is 38.3 Å². The van der Waals surface area contributed by atoms with Crippen molar-refractivity contribution in [1.29, 1.82) is 0 Å². The molecule has 3 heteroatoms. The summed E-state index contributed by atoms with van der Waals surface area (Å²) in [6.45, 7) is 7.11. The molecular formula is C57H43N3. The van der Waals surface area contributed by atoms with Gasteiger partial charge in [-0.25, -0.2) is 4.98 Å². The molecule has 0 bridgehead atoms. The van der Waals surface area contributed by atoms with Crippen molar-refractivity contribution in [3.05, 3.63) is 205 Å². The van der Waals surface area contributed by atoms with E-state index >= 15 is 0 Å². The molecule has 2 aliphatic carbocycles. The number of benzene rings is 7. The fourth-order valence-corrected chi connectivity index (χ4v) is 10.5. The van der Waals surface area contributed by atoms with Gasteiger partial charge in [-0.05, 0) is 118 Å². The monoisotopic (exact) mass is 769 g/mol. The van der Waals surface area contributed by atoms with Crippen molar-refractivity contribution >= 4 is 49.2 Å². The molecule has 2 aliphatic rings. The SMILES string of the molecule is CC1C=C2C(=CC1)C(C)(C)c1c2cccc1-c1cc(-c2ccccc2)cc(-n2c3ccccc3c3cc(-c4ccc5c(c4)c4ccccc4n5-c4ccccc4)ccc32)n1. The summed E-state index contributed by atoms with van der Waals surface area (Å²) in [7, 11) is 0. The van der Waals surface area contributed by atoms with Gasteiger partial charge < -0.3 is 4.57 Å². The van der Waals surface area contributed by atoms with Gasteiger partial charge in [0.2, 0.25) is 0 Å². The maximum absolute atomic E-state index is 5.64. The van der Waals surface area contributed by atoms with Crippen LogP contribution in [0.15, 0.2) is 194 Å². The molecule has 0 saturated carbocycles. The van der Waals surface area contributed by atoms with E-state index in [2.05, 4.69) is 218 Å². The van der Waals surface area contributed by atoms with Crippen LogP contribution in [0.2, 0.25) is 0 Å². The Morgan fingerprint density at radius 2 is 1.08 bits per heavy atom. The van der Waals surface area contributed by atoms with Crippen molar-refractivity contribution in [2.24, 2.45) is 5.92 Å². The maximum atomic E-state index is 5.64. The van der Waals surface area contributed by atoms with Gasteiger partial charge in [-0.1, -0.05) is 148 Å². The summed E-state index contributed by atoms with van der Waals surface area (Å²) in [6, 6.07) is 64.3. The van der Waals surface area contributed by atoms with E-state index in [1.807, 2.05) is 0 Å². The quantitative estimate of drug-likeness (QED) is 0.171. The Balaban J connectivity index is 1.06. The van der Waals surface area contributed by atoms with Crippen molar-refractivity contribution in [3.63, 3.8) is 0 Å². The fourth-order valence-electron chi connectivity index (χ4n) is 10.5. The molecule has 0 saturated heterocycles. The largest absolute Gasteiger partial charge is 0.309 e. The average Bonchev–Trinajstić information content (AvgIpc) is 3.89. The van der Waals surface area contributed by atoms with Crippen molar-refractivity contribution < 1.29 is 0 Å². The van der Waals surface area contributed by atoms with Crippen LogP contribution in [0.5, 0.6) is 0 Å². The van der Waals surface area contributed by atoms with E-state index < -0.39 is 0 Å². The zero-order chi connectivity index (χ0) is 40.1. The summed E-state index contributed by atoms with van der Waals surface area (Å²) in [5.74, 6) is 1.44. The van der Waals surface area contributed by atoms with E-state index in [1.165, 1.54) is 82.8 Å². The summed E-state index contributed by atoms with van der Waals surface area (Å²) < 4.78 is 4.75. The highest BCUT2D eigenvalue weighted by atomic mass is 15.1. The molecule has 1 unspecified atom stereocenters. The number of allylic oxidation sites excluding steroid dienone is 4. The standard InChI is InChI=1S/C57H43N3/c1-36-25-28-49-46(31-36)44-21-14-22-45(56(44)57(49,2)3)50-34-40(37-15-6-4-7-16-37)35-55(58-50)60-52-24-13-11-20-43(52)48-33-39(27-30-54(48)60)38-26-29-53-47(32-38)42-19-10-12-23-51(42)59(53)41-17-8-5-9-18-41/h4-24,26-36H,25H2,1-3H3. The number of nitrogens with zero attached hydrogens (tertiary/aromatic N) is 3. The van der Waals surface area contributed by atoms with Gasteiger partial charge in [0, 0.05) is 38.2 Å². The van der Waals surface area contributed by atoms with Gasteiger partial charge in [0.15, 0.2) is 0 Å². The zero-order valence-corrected chi connectivity index (χ0v) is 34.0. The van der Waals surface area contributed by atoms with E-state index in [1.54, 1.807) is 0 Å². The number of pyridine rings is 1. The molecule has 3 nitrogen and oxygen atoms in total. The third-order valence-electron chi connectivity index (χ3n) is 13.2. The minimum Gasteiger partial charge on any atom is -0.309 e. The van der Waals surface area contributed by atoms with Crippen LogP contribution in [0.3, 0.4) is 0 Å². The Hall–Kier alpha value is -7.23. The first-order valence-corrected chi connectivity index (χ1v) is 21.2. The highest BCUT2D eigenvalue weighted by Gasteiger charge is 2.41. The number of fused-ring (bicyclic) bond motifs is 9. The smallest absolute Gasteiger partial charge is 0.138 e. The van der Waals surface area contributed by atoms with Gasteiger partial charge in [-0.3, -0.25) is 4.57 Å². The van der Waals surface area contributed by atoms with Crippen molar-refractivity contribution in [2.45, 2.75) is 32.6 Å². The number of para-hydroxylation sites is 3. The second kappa shape index (κ2) is 13.1. The number of hydrogen-bond donors (Lipinski definition) is 0. The predicted molar refractivity (Wildman–Crippen MR) is 252 cm³/mol. The summed E-state index contributed by atoms with van der Waals surface area (Å²) in [6.07, 6.45) is 6.05. The number of rotatable bonds is 5. The Kier molecular flexibility index (Phi) is 7.62. The van der Waals surface area contributed by atoms with E-state index in [-0.39, 0.29) is 5.41 Å². The molecule has 0 N–H and O–H groups in total. The first-order valence-electron chi connectivity index (χ1n) is 21.2. The highest BCUT2D eigenvalue weighted by molar-refractivity contribution is 6.12. The van der Waals surface area contributed by atoms with Gasteiger partial charge >= 0.3 is 0 Å². The molecular weight excluding hydrogens is 727 g/mol. The van der Waals surface area contributed by atoms with Gasteiger partial charge in [-0.15, -0.1) is 0 Å². The van der Waals surface area contributed by atoms with E-state index in [0.29, 0.717) is 5.92 Å². The number of aromatic nitrogens is 3. The summed E-state index contributed by atoms with van der Waals surface area (Å²) in [4.78, 5) is 5.64. The van der Waals surface area contributed by atoms with Crippen LogP contribution in [-0.4, -0.2) is 14.1 Å². The fraction of sp³-hybridized carbons (Fsp3) is 0.105. The van der Waals surface area contributed by atoms with Gasteiger partial charge in [0.1, 0.15) is 5.82 Å². The molecule has 12 rings (SSSR count). The lowest BCUT2D eigenvalue weighted by Crippen LogP contribution is -2.18. The van der Waals surface area contributed by atoms with E-state index in [9.17, 15) is 0 Å². The molecule has 60 heavy (non-hydrogen) atoms. The lowest BCUT2D eigenvalue weighted by Gasteiger charge is -2.26. The van der Waals surface area contributed by atoms with Crippen molar-refractivity contribution in [3.8, 4) is 45.0 Å². The molecule has 3 heterocycles. The first kappa shape index (κ1) is 34.8. The van der Waals surface area contributed by atoms with Crippen LogP contribution in [-0.2, 0) is 5.41 Å². The lowest BCUT2D eigenvalue weighted by atomic mass is 9.77. The minimum absolute atomic E-state index is 0.134. The van der Waals surface area contributed by atoms with Gasteiger partial charge in [-0.2, -0.15) is 0 Å². The van der Waals surface area contributed by atoms with Crippen LogP contribution < -0.4 is 0 Å². The third-order valence-corrected chi connectivity index (χ3v) is 13.2. The molecule has 0 fully saturated rings. The van der Waals surface area contributed by atoms with E-state index in [0.717, 1.165) is 34.5 Å². The zero-order valence-electron chi connectivity index (χ0n) is 34.0. The molecule has 286 valence electrons. The average molecular weight is 770 g/mol. The predicted octanol–water partition coefficient (Wildman–Crippen LogP) is 14.9. The minimum atomic E-state index is -0.134. The second-order valence-corrected chi connectivity index (χ2v) is 17.2. The van der Waals surface area contributed by atoms with Crippen molar-refractivity contribution in [1.82, 2.24) is 14.1 Å². The molecule has 0 spiro atoms. The molecule has 10 aromatic rings. The topological polar surface area (TPSA) is 22.8 Å². The number of hydrogen-bond acceptors (Lipinski definition) is 1. The Labute approximate surface area is 350 Å². The Morgan fingerprint density at radius 3 is 1.78 bits per heavy atom. The summed E-state index contributed by atoms with van der Waals surface area (Å²) in [5.41, 5.74) is 18.2. The van der Waals surface area contributed by atoms with E-state index in [4.69, 9.17) is 4.98 Å².